The Balaban J connectivity index is 1.18. The Kier molecular flexibility index (Phi) is 7.08. The minimum absolute atomic E-state index is 0.221. The summed E-state index contributed by atoms with van der Waals surface area (Å²) in [6.07, 6.45) is 0. The number of fused-ring (bicyclic) bond motifs is 12. The second kappa shape index (κ2) is 12.3. The van der Waals surface area contributed by atoms with E-state index in [1.165, 1.54) is 95.2 Å². The topological polar surface area (TPSA) is 6.48 Å². The van der Waals surface area contributed by atoms with Crippen LogP contribution in [0.5, 0.6) is 0 Å². The highest BCUT2D eigenvalue weighted by Crippen LogP contribution is 2.59. The van der Waals surface area contributed by atoms with E-state index >= 15 is 0 Å². The Morgan fingerprint density at radius 1 is 0.407 bits per heavy atom. The van der Waals surface area contributed by atoms with Gasteiger partial charge < -0.3 is 9.80 Å². The molecule has 2 aliphatic rings. The minimum Gasteiger partial charge on any atom is -0.310 e. The molecule has 0 atom stereocenters. The van der Waals surface area contributed by atoms with Gasteiger partial charge in [-0.2, -0.15) is 0 Å². The first-order valence-electron chi connectivity index (χ1n) is 20.1. The normalized spacial score (nSPS) is 13.5. The molecule has 0 radical (unpaired) electrons. The van der Waals surface area contributed by atoms with Crippen molar-refractivity contribution in [2.75, 3.05) is 9.80 Å². The van der Waals surface area contributed by atoms with Crippen LogP contribution in [-0.4, -0.2) is 0 Å². The standard InChI is InChI=1S/C55H36F2N2/c1-55(2)49-17-8-7-14-46(49)53-47-16-9-15-45-44-29-27-38(58(35-22-18-33(56)19-23-35)36-24-20-34(57)21-25-36)31-51(44)59(52(54(45)47)32-50(53)55)37-26-28-43-41-12-4-3-10-39(41)40-11-5-6-13-42(40)48(43)30-37/h3-32H,1-2H3. The Bertz CT molecular complexity index is 3300. The molecule has 280 valence electrons. The molecule has 1 aliphatic heterocycles. The van der Waals surface area contributed by atoms with Crippen LogP contribution in [0.15, 0.2) is 182 Å². The van der Waals surface area contributed by atoms with Gasteiger partial charge in [0, 0.05) is 39.1 Å². The zero-order valence-electron chi connectivity index (χ0n) is 32.5. The zero-order chi connectivity index (χ0) is 39.6. The number of benzene rings is 10. The van der Waals surface area contributed by atoms with Crippen LogP contribution in [0.25, 0.3) is 65.3 Å². The Hall–Kier alpha value is -7.30. The van der Waals surface area contributed by atoms with Crippen molar-refractivity contribution in [3.05, 3.63) is 205 Å². The smallest absolute Gasteiger partial charge is 0.123 e. The lowest BCUT2D eigenvalue weighted by molar-refractivity contribution is 0.628. The molecule has 1 heterocycles. The van der Waals surface area contributed by atoms with Gasteiger partial charge in [-0.05, 0) is 144 Å². The third-order valence-corrected chi connectivity index (χ3v) is 12.9. The fourth-order valence-electron chi connectivity index (χ4n) is 10.2. The molecule has 0 spiro atoms. The van der Waals surface area contributed by atoms with E-state index in [0.29, 0.717) is 0 Å². The van der Waals surface area contributed by atoms with Gasteiger partial charge in [-0.3, -0.25) is 0 Å². The maximum absolute atomic E-state index is 14.4. The first-order chi connectivity index (χ1) is 28.8. The molecule has 59 heavy (non-hydrogen) atoms. The third-order valence-electron chi connectivity index (χ3n) is 12.9. The van der Waals surface area contributed by atoms with Gasteiger partial charge in [0.15, 0.2) is 0 Å². The van der Waals surface area contributed by atoms with Gasteiger partial charge in [0.1, 0.15) is 11.6 Å². The van der Waals surface area contributed by atoms with Crippen molar-refractivity contribution in [3.8, 4) is 22.3 Å². The molecular formula is C55H36F2N2. The van der Waals surface area contributed by atoms with Crippen LogP contribution in [0, 0.1) is 11.6 Å². The zero-order valence-corrected chi connectivity index (χ0v) is 32.5. The lowest BCUT2D eigenvalue weighted by Gasteiger charge is -2.36. The summed E-state index contributed by atoms with van der Waals surface area (Å²) < 4.78 is 28.8. The molecule has 0 N–H and O–H groups in total. The van der Waals surface area contributed by atoms with Crippen LogP contribution in [0.3, 0.4) is 0 Å². The van der Waals surface area contributed by atoms with E-state index < -0.39 is 0 Å². The van der Waals surface area contributed by atoms with Crippen LogP contribution in [0.4, 0.5) is 42.9 Å². The number of nitrogens with zero attached hydrogens (tertiary/aromatic N) is 2. The molecule has 1 aliphatic carbocycles. The van der Waals surface area contributed by atoms with E-state index in [4.69, 9.17) is 0 Å². The second-order valence-corrected chi connectivity index (χ2v) is 16.4. The summed E-state index contributed by atoms with van der Waals surface area (Å²) in [4.78, 5) is 4.51. The Labute approximate surface area is 340 Å². The summed E-state index contributed by atoms with van der Waals surface area (Å²) in [6.45, 7) is 4.69. The van der Waals surface area contributed by atoms with Gasteiger partial charge in [0.2, 0.25) is 0 Å². The van der Waals surface area contributed by atoms with Crippen LogP contribution >= 0.6 is 0 Å². The van der Waals surface area contributed by atoms with E-state index in [0.717, 1.165) is 39.7 Å². The summed E-state index contributed by atoms with van der Waals surface area (Å²) in [5.41, 5.74) is 12.9. The number of anilines is 6. The number of halogens is 2. The van der Waals surface area contributed by atoms with Crippen LogP contribution < -0.4 is 9.80 Å². The quantitative estimate of drug-likeness (QED) is 0.165. The fourth-order valence-corrected chi connectivity index (χ4v) is 10.2. The number of hydrogen-bond acceptors (Lipinski definition) is 2. The van der Waals surface area contributed by atoms with Crippen molar-refractivity contribution in [2.45, 2.75) is 19.3 Å². The molecule has 0 saturated carbocycles. The lowest BCUT2D eigenvalue weighted by atomic mass is 9.80. The van der Waals surface area contributed by atoms with Gasteiger partial charge >= 0.3 is 0 Å². The highest BCUT2D eigenvalue weighted by atomic mass is 19.1. The van der Waals surface area contributed by atoms with Gasteiger partial charge in [-0.15, -0.1) is 0 Å². The molecule has 0 fully saturated rings. The van der Waals surface area contributed by atoms with Crippen molar-refractivity contribution in [2.24, 2.45) is 0 Å². The highest BCUT2D eigenvalue weighted by molar-refractivity contribution is 6.26. The van der Waals surface area contributed by atoms with E-state index in [-0.39, 0.29) is 17.0 Å². The van der Waals surface area contributed by atoms with Crippen molar-refractivity contribution >= 4 is 77.2 Å². The number of hydrogen-bond donors (Lipinski definition) is 0. The molecule has 0 amide bonds. The first-order valence-corrected chi connectivity index (χ1v) is 20.1. The minimum atomic E-state index is -0.316. The van der Waals surface area contributed by atoms with E-state index in [9.17, 15) is 8.78 Å². The van der Waals surface area contributed by atoms with Crippen LogP contribution in [0.1, 0.15) is 25.0 Å². The summed E-state index contributed by atoms with van der Waals surface area (Å²) >= 11 is 0. The number of rotatable bonds is 4. The molecular weight excluding hydrogens is 727 g/mol. The Morgan fingerprint density at radius 2 is 0.949 bits per heavy atom. The predicted octanol–water partition coefficient (Wildman–Crippen LogP) is 15.8. The van der Waals surface area contributed by atoms with Crippen molar-refractivity contribution in [1.82, 2.24) is 0 Å². The molecule has 2 nitrogen and oxygen atoms in total. The summed E-state index contributed by atoms with van der Waals surface area (Å²) in [6, 6.07) is 61.9. The summed E-state index contributed by atoms with van der Waals surface area (Å²) in [5.74, 6) is -0.633. The van der Waals surface area contributed by atoms with E-state index in [1.54, 1.807) is 24.3 Å². The van der Waals surface area contributed by atoms with E-state index in [1.807, 2.05) is 0 Å². The van der Waals surface area contributed by atoms with Crippen molar-refractivity contribution in [3.63, 3.8) is 0 Å². The van der Waals surface area contributed by atoms with Gasteiger partial charge in [0.25, 0.3) is 0 Å². The van der Waals surface area contributed by atoms with Crippen LogP contribution in [-0.2, 0) is 5.41 Å². The molecule has 10 aromatic rings. The molecule has 0 aromatic heterocycles. The second-order valence-electron chi connectivity index (χ2n) is 16.4. The maximum atomic E-state index is 14.4. The molecule has 0 bridgehead atoms. The molecule has 12 rings (SSSR count). The maximum Gasteiger partial charge on any atom is 0.123 e. The molecule has 0 unspecified atom stereocenters. The monoisotopic (exact) mass is 762 g/mol. The van der Waals surface area contributed by atoms with Gasteiger partial charge in [-0.25, -0.2) is 8.78 Å². The predicted molar refractivity (Wildman–Crippen MR) is 242 cm³/mol. The third kappa shape index (κ3) is 4.84. The average molecular weight is 763 g/mol. The largest absolute Gasteiger partial charge is 0.310 e. The fraction of sp³-hybridized carbons (Fsp3) is 0.0545. The lowest BCUT2D eigenvalue weighted by Crippen LogP contribution is -2.19. The summed E-state index contributed by atoms with van der Waals surface area (Å²) in [7, 11) is 0. The van der Waals surface area contributed by atoms with Crippen molar-refractivity contribution in [1.29, 1.82) is 0 Å². The molecule has 0 saturated heterocycles. The summed E-state index contributed by atoms with van der Waals surface area (Å²) in [5, 5.41) is 9.78. The van der Waals surface area contributed by atoms with Crippen LogP contribution in [0.2, 0.25) is 0 Å². The average Bonchev–Trinajstić information content (AvgIpc) is 3.50. The molecule has 10 aromatic carbocycles. The Morgan fingerprint density at radius 3 is 1.61 bits per heavy atom. The van der Waals surface area contributed by atoms with Gasteiger partial charge in [-0.1, -0.05) is 117 Å². The SMILES string of the molecule is CC1(C)c2ccccc2-c2c1cc1c3c(cccc23)-c2ccc(N(c3ccc(F)cc3)c3ccc(F)cc3)cc2N1c1ccc2c3ccccc3c3ccccc3c2c1. The first kappa shape index (κ1) is 33.8. The van der Waals surface area contributed by atoms with E-state index in [2.05, 4.69) is 157 Å². The highest BCUT2D eigenvalue weighted by Gasteiger charge is 2.39. The van der Waals surface area contributed by atoms with Gasteiger partial charge in [0.05, 0.1) is 11.4 Å². The molecule has 4 heteroatoms. The van der Waals surface area contributed by atoms with Crippen molar-refractivity contribution < 1.29 is 8.78 Å².